The Hall–Kier alpha value is -3.29. The Labute approximate surface area is 157 Å². The molecule has 2 aromatic heterocycles. The van der Waals surface area contributed by atoms with Gasteiger partial charge in [0.1, 0.15) is 12.4 Å². The van der Waals surface area contributed by atoms with Crippen molar-refractivity contribution in [2.75, 3.05) is 12.4 Å². The number of urea groups is 1. The molecule has 2 amide bonds. The molecule has 0 atom stereocenters. The fourth-order valence-electron chi connectivity index (χ4n) is 2.55. The number of anilines is 1. The van der Waals surface area contributed by atoms with Gasteiger partial charge < -0.3 is 14.7 Å². The van der Waals surface area contributed by atoms with Gasteiger partial charge >= 0.3 is 6.03 Å². The first kappa shape index (κ1) is 18.5. The molecule has 0 spiro atoms. The summed E-state index contributed by atoms with van der Waals surface area (Å²) in [4.78, 5) is 26.7. The Balaban J connectivity index is 1.65. The van der Waals surface area contributed by atoms with Crippen LogP contribution >= 0.6 is 0 Å². The van der Waals surface area contributed by atoms with Gasteiger partial charge in [-0.3, -0.25) is 0 Å². The van der Waals surface area contributed by atoms with E-state index in [-0.39, 0.29) is 12.6 Å². The Morgan fingerprint density at radius 1 is 1.26 bits per heavy atom. The largest absolute Gasteiger partial charge is 0.337 e. The molecule has 1 aromatic carbocycles. The first-order valence-corrected chi connectivity index (χ1v) is 8.79. The topological polar surface area (TPSA) is 97.0 Å². The lowest BCUT2D eigenvalue weighted by Gasteiger charge is -2.16. The van der Waals surface area contributed by atoms with Crippen molar-refractivity contribution in [3.63, 3.8) is 0 Å². The van der Waals surface area contributed by atoms with Crippen LogP contribution in [0, 0.1) is 6.92 Å². The molecule has 0 aliphatic heterocycles. The summed E-state index contributed by atoms with van der Waals surface area (Å²) in [6, 6.07) is 9.09. The summed E-state index contributed by atoms with van der Waals surface area (Å²) in [6.45, 7) is 4.13. The van der Waals surface area contributed by atoms with E-state index < -0.39 is 0 Å². The van der Waals surface area contributed by atoms with Crippen LogP contribution in [0.4, 0.5) is 10.5 Å². The minimum Gasteiger partial charge on any atom is -0.337 e. The van der Waals surface area contributed by atoms with Crippen molar-refractivity contribution >= 4 is 11.7 Å². The van der Waals surface area contributed by atoms with Crippen LogP contribution < -0.4 is 5.32 Å². The summed E-state index contributed by atoms with van der Waals surface area (Å²) in [5.74, 6) is 1.78. The van der Waals surface area contributed by atoms with Gasteiger partial charge in [-0.15, -0.1) is 0 Å². The minimum absolute atomic E-state index is 0.243. The normalized spacial score (nSPS) is 10.6. The Morgan fingerprint density at radius 2 is 2.11 bits per heavy atom. The van der Waals surface area contributed by atoms with E-state index in [1.165, 1.54) is 4.90 Å². The predicted molar refractivity (Wildman–Crippen MR) is 101 cm³/mol. The summed E-state index contributed by atoms with van der Waals surface area (Å²) in [5.41, 5.74) is 2.39. The van der Waals surface area contributed by atoms with Crippen molar-refractivity contribution in [2.45, 2.75) is 33.2 Å². The average Bonchev–Trinajstić information content (AvgIpc) is 3.09. The molecule has 2 heterocycles. The van der Waals surface area contributed by atoms with Crippen molar-refractivity contribution in [3.05, 3.63) is 54.1 Å². The highest BCUT2D eigenvalue weighted by molar-refractivity contribution is 5.89. The first-order valence-electron chi connectivity index (χ1n) is 8.79. The molecule has 140 valence electrons. The smallest absolute Gasteiger partial charge is 0.322 e. The second-order valence-corrected chi connectivity index (χ2v) is 6.21. The van der Waals surface area contributed by atoms with Gasteiger partial charge in [-0.05, 0) is 31.5 Å². The maximum absolute atomic E-state index is 12.5. The molecule has 8 nitrogen and oxygen atoms in total. The van der Waals surface area contributed by atoms with Gasteiger partial charge in [0, 0.05) is 30.9 Å². The molecule has 0 saturated carbocycles. The third-order valence-electron chi connectivity index (χ3n) is 3.89. The molecule has 27 heavy (non-hydrogen) atoms. The quantitative estimate of drug-likeness (QED) is 0.718. The molecule has 3 aromatic rings. The molecular formula is C19H22N6O2. The van der Waals surface area contributed by atoms with Crippen molar-refractivity contribution < 1.29 is 9.32 Å². The predicted octanol–water partition coefficient (Wildman–Crippen LogP) is 3.45. The number of rotatable bonds is 6. The van der Waals surface area contributed by atoms with E-state index in [9.17, 15) is 4.79 Å². The number of amides is 2. The van der Waals surface area contributed by atoms with E-state index in [1.54, 1.807) is 13.2 Å². The standard InChI is InChI=1S/C19H22N6O2/c1-4-6-17-23-18(27-24-17)12-25(3)19(26)22-15-8-5-7-14(11-15)16-9-10-20-13(2)21-16/h5,7-11H,4,6,12H2,1-3H3,(H,22,26). The molecule has 0 bridgehead atoms. The highest BCUT2D eigenvalue weighted by Gasteiger charge is 2.14. The van der Waals surface area contributed by atoms with Gasteiger partial charge in [-0.2, -0.15) is 4.98 Å². The SMILES string of the molecule is CCCc1noc(CN(C)C(=O)Nc2cccc(-c3ccnc(C)n3)c2)n1. The highest BCUT2D eigenvalue weighted by atomic mass is 16.5. The van der Waals surface area contributed by atoms with E-state index in [4.69, 9.17) is 4.52 Å². The Kier molecular flexibility index (Phi) is 5.75. The molecule has 3 rings (SSSR count). The molecule has 1 N–H and O–H groups in total. The monoisotopic (exact) mass is 366 g/mol. The Bertz CT molecular complexity index is 924. The highest BCUT2D eigenvalue weighted by Crippen LogP contribution is 2.21. The van der Waals surface area contributed by atoms with Crippen molar-refractivity contribution in [2.24, 2.45) is 0 Å². The molecule has 0 fully saturated rings. The molecule has 0 saturated heterocycles. The number of hydrogen-bond donors (Lipinski definition) is 1. The van der Waals surface area contributed by atoms with Gasteiger partial charge in [0.15, 0.2) is 5.82 Å². The maximum atomic E-state index is 12.5. The Morgan fingerprint density at radius 3 is 2.89 bits per heavy atom. The minimum atomic E-state index is -0.263. The van der Waals surface area contributed by atoms with Crippen LogP contribution in [0.3, 0.4) is 0 Å². The number of benzene rings is 1. The lowest BCUT2D eigenvalue weighted by Crippen LogP contribution is -2.31. The van der Waals surface area contributed by atoms with E-state index in [0.717, 1.165) is 24.1 Å². The summed E-state index contributed by atoms with van der Waals surface area (Å²) in [5, 5.41) is 6.77. The molecule has 0 aliphatic rings. The van der Waals surface area contributed by atoms with Crippen LogP contribution in [0.2, 0.25) is 0 Å². The van der Waals surface area contributed by atoms with Crippen molar-refractivity contribution in [1.82, 2.24) is 25.0 Å². The third kappa shape index (κ3) is 4.87. The average molecular weight is 366 g/mol. The van der Waals surface area contributed by atoms with Gasteiger partial charge in [-0.1, -0.05) is 24.2 Å². The van der Waals surface area contributed by atoms with Gasteiger partial charge in [-0.25, -0.2) is 14.8 Å². The summed E-state index contributed by atoms with van der Waals surface area (Å²) in [6.07, 6.45) is 3.42. The van der Waals surface area contributed by atoms with Gasteiger partial charge in [0.05, 0.1) is 5.69 Å². The second kappa shape index (κ2) is 8.39. The zero-order chi connectivity index (χ0) is 19.2. The summed E-state index contributed by atoms with van der Waals surface area (Å²) >= 11 is 0. The fraction of sp³-hybridized carbons (Fsp3) is 0.316. The van der Waals surface area contributed by atoms with Crippen molar-refractivity contribution in [3.8, 4) is 11.3 Å². The number of carbonyl (C=O) groups is 1. The van der Waals surface area contributed by atoms with E-state index in [2.05, 4.69) is 25.4 Å². The fourth-order valence-corrected chi connectivity index (χ4v) is 2.55. The summed E-state index contributed by atoms with van der Waals surface area (Å²) < 4.78 is 5.18. The van der Waals surface area contributed by atoms with Crippen LogP contribution in [0.1, 0.15) is 30.9 Å². The summed E-state index contributed by atoms with van der Waals surface area (Å²) in [7, 11) is 1.68. The number of carbonyl (C=O) groups excluding carboxylic acids is 1. The number of aryl methyl sites for hydroxylation is 2. The third-order valence-corrected chi connectivity index (χ3v) is 3.89. The maximum Gasteiger partial charge on any atom is 0.322 e. The number of nitrogens with one attached hydrogen (secondary N) is 1. The zero-order valence-corrected chi connectivity index (χ0v) is 15.6. The first-order chi connectivity index (χ1) is 13.0. The van der Waals surface area contributed by atoms with Gasteiger partial charge in [0.25, 0.3) is 0 Å². The van der Waals surface area contributed by atoms with E-state index in [0.29, 0.717) is 23.2 Å². The molecule has 0 aliphatic carbocycles. The second-order valence-electron chi connectivity index (χ2n) is 6.21. The van der Waals surface area contributed by atoms with Gasteiger partial charge in [0.2, 0.25) is 5.89 Å². The van der Waals surface area contributed by atoms with E-state index >= 15 is 0 Å². The molecule has 0 unspecified atom stereocenters. The zero-order valence-electron chi connectivity index (χ0n) is 15.6. The van der Waals surface area contributed by atoms with Crippen LogP contribution in [0.15, 0.2) is 41.1 Å². The number of nitrogens with zero attached hydrogens (tertiary/aromatic N) is 5. The van der Waals surface area contributed by atoms with Crippen LogP contribution in [-0.4, -0.2) is 38.1 Å². The van der Waals surface area contributed by atoms with Crippen LogP contribution in [-0.2, 0) is 13.0 Å². The molecule has 0 radical (unpaired) electrons. The van der Waals surface area contributed by atoms with Crippen LogP contribution in [0.5, 0.6) is 0 Å². The van der Waals surface area contributed by atoms with Crippen LogP contribution in [0.25, 0.3) is 11.3 Å². The lowest BCUT2D eigenvalue weighted by atomic mass is 10.1. The lowest BCUT2D eigenvalue weighted by molar-refractivity contribution is 0.213. The van der Waals surface area contributed by atoms with Crippen molar-refractivity contribution in [1.29, 1.82) is 0 Å². The number of aromatic nitrogens is 4. The molecule has 8 heteroatoms. The van der Waals surface area contributed by atoms with E-state index in [1.807, 2.05) is 44.2 Å². The molecular weight excluding hydrogens is 344 g/mol. The number of hydrogen-bond acceptors (Lipinski definition) is 6.